The molecule has 1 N–H and O–H groups in total. The molecule has 5 atom stereocenters. The molecule has 2 amide bonds. The Kier molecular flexibility index (Phi) is 13.9. The lowest BCUT2D eigenvalue weighted by atomic mass is 9.92. The highest BCUT2D eigenvalue weighted by Gasteiger charge is 2.50. The molecule has 2 aliphatic rings. The van der Waals surface area contributed by atoms with Crippen LogP contribution in [0.5, 0.6) is 0 Å². The van der Waals surface area contributed by atoms with Crippen LogP contribution in [-0.4, -0.2) is 86.2 Å². The average Bonchev–Trinajstić information content (AvgIpc) is 3.36. The molecule has 0 radical (unpaired) electrons. The van der Waals surface area contributed by atoms with Crippen LogP contribution in [0.4, 0.5) is 9.59 Å². The van der Waals surface area contributed by atoms with Crippen molar-refractivity contribution in [2.24, 2.45) is 5.11 Å². The van der Waals surface area contributed by atoms with Gasteiger partial charge in [-0.1, -0.05) is 57.5 Å². The number of carbonyl (C=O) groups is 4. The van der Waals surface area contributed by atoms with Crippen LogP contribution in [0.25, 0.3) is 10.4 Å². The number of cyclic esters (lactones) is 2. The number of carbonyl (C=O) groups excluding carboxylic acids is 4. The smallest absolute Gasteiger partial charge is 0.477 e. The number of rotatable bonds is 16. The maximum Gasteiger partial charge on any atom is 0.508 e. The Hall–Kier alpha value is -3.67. The number of amides is 2. The van der Waals surface area contributed by atoms with Crippen LogP contribution >= 0.6 is 0 Å². The molecule has 40 heavy (non-hydrogen) atoms. The lowest BCUT2D eigenvalue weighted by Crippen LogP contribution is -2.60. The second-order valence-corrected chi connectivity index (χ2v) is 9.70. The van der Waals surface area contributed by atoms with Crippen molar-refractivity contribution in [1.82, 2.24) is 10.2 Å². The lowest BCUT2D eigenvalue weighted by molar-refractivity contribution is -0.147. The maximum atomic E-state index is 13.6. The number of methoxy groups -OCH3 is 1. The highest BCUT2D eigenvalue weighted by Crippen LogP contribution is 2.30. The summed E-state index contributed by atoms with van der Waals surface area (Å²) in [7, 11) is 1.14. The molecule has 0 aromatic rings. The minimum Gasteiger partial charge on any atom is -0.477 e. The minimum atomic E-state index is -1.34. The van der Waals surface area contributed by atoms with Crippen molar-refractivity contribution in [2.75, 3.05) is 26.8 Å². The van der Waals surface area contributed by atoms with Crippen LogP contribution < -0.4 is 5.32 Å². The Bertz CT molecular complexity index is 941. The molecule has 0 aromatic heterocycles. The number of nitrogens with zero attached hydrogens (tertiary/aromatic N) is 4. The predicted octanol–water partition coefficient (Wildman–Crippen LogP) is 4.13. The summed E-state index contributed by atoms with van der Waals surface area (Å²) in [6.45, 7) is 6.12. The number of unbranched alkanes of at least 4 members (excludes halogenated alkanes) is 6. The molecule has 2 aliphatic heterocycles. The monoisotopic (exact) mass is 567 g/mol. The van der Waals surface area contributed by atoms with Crippen LogP contribution in [0, 0.1) is 0 Å². The van der Waals surface area contributed by atoms with Crippen LogP contribution in [0.3, 0.4) is 0 Å². The van der Waals surface area contributed by atoms with Crippen LogP contribution in [0.1, 0.15) is 72.1 Å². The van der Waals surface area contributed by atoms with Gasteiger partial charge in [0.1, 0.15) is 6.61 Å². The van der Waals surface area contributed by atoms with E-state index >= 15 is 0 Å². The van der Waals surface area contributed by atoms with Crippen molar-refractivity contribution >= 4 is 24.1 Å². The minimum absolute atomic E-state index is 0.264. The highest BCUT2D eigenvalue weighted by atomic mass is 16.8. The van der Waals surface area contributed by atoms with Gasteiger partial charge in [0.15, 0.2) is 18.3 Å². The number of nitrogens with one attached hydrogen (secondary N) is 1. The van der Waals surface area contributed by atoms with Gasteiger partial charge in [-0.25, -0.2) is 14.4 Å². The molecule has 2 heterocycles. The number of ether oxygens (including phenoxy) is 5. The Morgan fingerprint density at radius 2 is 1.77 bits per heavy atom. The van der Waals surface area contributed by atoms with Crippen molar-refractivity contribution in [3.63, 3.8) is 0 Å². The van der Waals surface area contributed by atoms with Gasteiger partial charge in [-0.3, -0.25) is 4.79 Å². The van der Waals surface area contributed by atoms with Crippen LogP contribution in [-0.2, 0) is 33.3 Å². The summed E-state index contributed by atoms with van der Waals surface area (Å²) >= 11 is 0. The maximum absolute atomic E-state index is 13.6. The molecule has 1 saturated heterocycles. The van der Waals surface area contributed by atoms with E-state index in [9.17, 15) is 19.2 Å². The van der Waals surface area contributed by atoms with Gasteiger partial charge in [-0.05, 0) is 24.4 Å². The van der Waals surface area contributed by atoms with E-state index in [1.807, 2.05) is 0 Å². The zero-order valence-electron chi connectivity index (χ0n) is 23.7. The van der Waals surface area contributed by atoms with Crippen molar-refractivity contribution in [1.29, 1.82) is 0 Å². The van der Waals surface area contributed by atoms with Gasteiger partial charge < -0.3 is 33.9 Å². The Labute approximate surface area is 234 Å². The normalized spacial score (nSPS) is 22.4. The summed E-state index contributed by atoms with van der Waals surface area (Å²) in [5.41, 5.74) is 9.16. The molecule has 14 heteroatoms. The number of hydrogen-bond acceptors (Lipinski definition) is 10. The quantitative estimate of drug-likeness (QED) is 0.0717. The largest absolute Gasteiger partial charge is 0.508 e. The summed E-state index contributed by atoms with van der Waals surface area (Å²) in [4.78, 5) is 54.3. The molecule has 0 bridgehead atoms. The van der Waals surface area contributed by atoms with Gasteiger partial charge >= 0.3 is 18.2 Å². The van der Waals surface area contributed by atoms with E-state index in [-0.39, 0.29) is 12.4 Å². The van der Waals surface area contributed by atoms with Crippen LogP contribution in [0.15, 0.2) is 16.9 Å². The van der Waals surface area contributed by atoms with Crippen LogP contribution in [0.2, 0.25) is 0 Å². The highest BCUT2D eigenvalue weighted by molar-refractivity contribution is 5.86. The Morgan fingerprint density at radius 1 is 1.12 bits per heavy atom. The Balaban J connectivity index is 2.41. The van der Waals surface area contributed by atoms with E-state index in [1.165, 1.54) is 13.0 Å². The van der Waals surface area contributed by atoms with E-state index < -0.39 is 54.5 Å². The fourth-order valence-electron chi connectivity index (χ4n) is 4.57. The average molecular weight is 568 g/mol. The molecular weight excluding hydrogens is 526 g/mol. The molecule has 0 aliphatic carbocycles. The predicted molar refractivity (Wildman–Crippen MR) is 142 cm³/mol. The molecule has 0 saturated carbocycles. The summed E-state index contributed by atoms with van der Waals surface area (Å²) in [5.74, 6) is -1.68. The first-order valence-electron chi connectivity index (χ1n) is 13.8. The molecule has 0 spiro atoms. The third-order valence-electron chi connectivity index (χ3n) is 6.61. The summed E-state index contributed by atoms with van der Waals surface area (Å²) in [6.07, 6.45) is 3.44. The second kappa shape index (κ2) is 17.1. The first kappa shape index (κ1) is 32.5. The number of azide groups is 1. The summed E-state index contributed by atoms with van der Waals surface area (Å²) in [5, 5.41) is 6.35. The summed E-state index contributed by atoms with van der Waals surface area (Å²) < 4.78 is 26.8. The van der Waals surface area contributed by atoms with E-state index in [0.717, 1.165) is 58.5 Å². The van der Waals surface area contributed by atoms with E-state index in [0.29, 0.717) is 13.1 Å². The first-order valence-corrected chi connectivity index (χ1v) is 13.8. The molecule has 14 nitrogen and oxygen atoms in total. The molecule has 2 rings (SSSR count). The summed E-state index contributed by atoms with van der Waals surface area (Å²) in [6, 6.07) is -2.19. The molecule has 0 unspecified atom stereocenters. The first-order chi connectivity index (χ1) is 19.2. The van der Waals surface area contributed by atoms with Gasteiger partial charge in [0.05, 0.1) is 19.2 Å². The molecule has 1 fully saturated rings. The van der Waals surface area contributed by atoms with Crippen molar-refractivity contribution in [2.45, 2.75) is 103 Å². The van der Waals surface area contributed by atoms with E-state index in [2.05, 4.69) is 29.2 Å². The fourth-order valence-corrected chi connectivity index (χ4v) is 4.57. The SMILES string of the molecule is CCCCCCN(CCCCCC)C(=O)O[C@@H]([C@@H]1OC(C(=O)OC)=C[C@H](N=[N+]=[N-])[C@H]1NC(C)=O)[C@H]1COC(=O)O1. The Morgan fingerprint density at radius 3 is 2.27 bits per heavy atom. The third kappa shape index (κ3) is 9.82. The van der Waals surface area contributed by atoms with Crippen molar-refractivity contribution in [3.8, 4) is 0 Å². The van der Waals surface area contributed by atoms with Crippen molar-refractivity contribution < 1.29 is 42.9 Å². The zero-order chi connectivity index (χ0) is 29.5. The van der Waals surface area contributed by atoms with Gasteiger partial charge in [-0.15, -0.1) is 0 Å². The molecule has 224 valence electrons. The molecule has 0 aromatic carbocycles. The van der Waals surface area contributed by atoms with Gasteiger partial charge in [0.25, 0.3) is 0 Å². The number of hydrogen-bond donors (Lipinski definition) is 1. The number of esters is 1. The van der Waals surface area contributed by atoms with Crippen molar-refractivity contribution in [3.05, 3.63) is 22.3 Å². The van der Waals surface area contributed by atoms with Gasteiger partial charge in [0.2, 0.25) is 11.7 Å². The van der Waals surface area contributed by atoms with E-state index in [1.54, 1.807) is 4.90 Å². The van der Waals surface area contributed by atoms with Gasteiger partial charge in [-0.2, -0.15) is 0 Å². The fraction of sp³-hybridized carbons (Fsp3) is 0.769. The topological polar surface area (TPSA) is 178 Å². The second-order valence-electron chi connectivity index (χ2n) is 9.70. The zero-order valence-corrected chi connectivity index (χ0v) is 23.7. The molecular formula is C26H41N5O9. The lowest BCUT2D eigenvalue weighted by Gasteiger charge is -2.40. The van der Waals surface area contributed by atoms with Gasteiger partial charge in [0, 0.05) is 24.9 Å². The third-order valence-corrected chi connectivity index (χ3v) is 6.61. The van der Waals surface area contributed by atoms with E-state index in [4.69, 9.17) is 29.2 Å². The standard InChI is InChI=1S/C26H41N5O9/c1-5-7-9-11-13-31(14-12-10-8-6-2)25(34)40-22(20-16-37-26(35)39-20)23-21(28-17(3)32)18(29-30-27)15-19(38-23)24(33)36-4/h15,18,20-23H,5-14,16H2,1-4H3,(H,28,32)/t18-,20+,21+,22+,23+/m0/s1.